The molecule has 29 heavy (non-hydrogen) atoms. The van der Waals surface area contributed by atoms with Gasteiger partial charge in [-0.25, -0.2) is 0 Å². The van der Waals surface area contributed by atoms with E-state index in [0.717, 1.165) is 0 Å². The van der Waals surface area contributed by atoms with Crippen LogP contribution in [0.3, 0.4) is 0 Å². The molecule has 1 aromatic carbocycles. The summed E-state index contributed by atoms with van der Waals surface area (Å²) in [6.45, 7) is 6.70. The van der Waals surface area contributed by atoms with Crippen LogP contribution in [0.15, 0.2) is 36.4 Å². The summed E-state index contributed by atoms with van der Waals surface area (Å²) in [6.07, 6.45) is 0. The van der Waals surface area contributed by atoms with Crippen molar-refractivity contribution in [3.05, 3.63) is 51.0 Å². The van der Waals surface area contributed by atoms with Crippen molar-refractivity contribution in [3.8, 4) is 20.9 Å². The fraction of sp³-hybridized carbons (Fsp3) is 0.250. The Bertz CT molecular complexity index is 1370. The van der Waals surface area contributed by atoms with E-state index in [4.69, 9.17) is 0 Å². The second-order valence-corrected chi connectivity index (χ2v) is 29.1. The number of thiophene rings is 4. The van der Waals surface area contributed by atoms with Gasteiger partial charge in [-0.3, -0.25) is 0 Å². The van der Waals surface area contributed by atoms with Crippen molar-refractivity contribution in [1.29, 1.82) is 0 Å². The first-order chi connectivity index (χ1) is 13.7. The third kappa shape index (κ3) is 3.45. The van der Waals surface area contributed by atoms with E-state index in [2.05, 4.69) is 83.3 Å². The predicted octanol–water partition coefficient (Wildman–Crippen LogP) is 9.04. The van der Waals surface area contributed by atoms with Crippen LogP contribution in [0.25, 0.3) is 41.1 Å². The summed E-state index contributed by atoms with van der Waals surface area (Å²) in [7, 11) is 0. The van der Waals surface area contributed by atoms with Gasteiger partial charge in [0.2, 0.25) is 0 Å². The summed E-state index contributed by atoms with van der Waals surface area (Å²) in [6, 6.07) is 14.2. The molecule has 0 fully saturated rings. The van der Waals surface area contributed by atoms with Crippen molar-refractivity contribution in [2.75, 3.05) is 0 Å². The Morgan fingerprint density at radius 1 is 0.586 bits per heavy atom. The number of fused-ring (bicyclic) bond motifs is 3. The van der Waals surface area contributed by atoms with Gasteiger partial charge in [0.25, 0.3) is 0 Å². The second kappa shape index (κ2) is 7.20. The van der Waals surface area contributed by atoms with Crippen LogP contribution in [0.2, 0.25) is 14.8 Å². The van der Waals surface area contributed by atoms with E-state index in [1.54, 1.807) is 2.89 Å². The normalized spacial score (nSPS) is 12.5. The molecule has 0 atom stereocenters. The van der Waals surface area contributed by atoms with Crippen LogP contribution in [0.5, 0.6) is 0 Å². The van der Waals surface area contributed by atoms with E-state index in [1.165, 1.54) is 55.7 Å². The van der Waals surface area contributed by atoms with Gasteiger partial charge >= 0.3 is 194 Å². The van der Waals surface area contributed by atoms with Crippen molar-refractivity contribution in [2.45, 2.75) is 35.6 Å². The van der Waals surface area contributed by atoms with Crippen LogP contribution in [0.1, 0.15) is 14.6 Å². The zero-order valence-electron chi connectivity index (χ0n) is 17.6. The van der Waals surface area contributed by atoms with Crippen molar-refractivity contribution in [3.63, 3.8) is 0 Å². The fourth-order valence-electron chi connectivity index (χ4n) is 3.88. The maximum atomic E-state index is 2.55. The van der Waals surface area contributed by atoms with Crippen molar-refractivity contribution >= 4 is 86.8 Å². The third-order valence-electron chi connectivity index (χ3n) is 5.29. The van der Waals surface area contributed by atoms with Crippen LogP contribution in [-0.2, 0) is 0 Å². The Morgan fingerprint density at radius 3 is 1.59 bits per heavy atom. The standard InChI is InChI=1S/C21H15S4.3CH3.Sn/c1-11-4-6-16(23-11)18-19(17-7-5-12(2)24-17)21-15(10-13(3)25-21)14-8-9-22-20(14)18;;;;/h4-8,10H,1-3H3;3*1H3;. The van der Waals surface area contributed by atoms with E-state index in [1.807, 2.05) is 34.0 Å². The Hall–Kier alpha value is -0.661. The summed E-state index contributed by atoms with van der Waals surface area (Å²) in [5.41, 5.74) is 2.93. The average Bonchev–Trinajstić information content (AvgIpc) is 3.38. The van der Waals surface area contributed by atoms with E-state index < -0.39 is 18.4 Å². The zero-order valence-corrected chi connectivity index (χ0v) is 23.7. The predicted molar refractivity (Wildman–Crippen MR) is 141 cm³/mol. The Morgan fingerprint density at radius 2 is 1.10 bits per heavy atom. The average molecular weight is 559 g/mol. The van der Waals surface area contributed by atoms with Gasteiger partial charge in [0.05, 0.1) is 0 Å². The molecule has 0 unspecified atom stereocenters. The monoisotopic (exact) mass is 560 g/mol. The second-order valence-electron chi connectivity index (χ2n) is 8.77. The molecule has 148 valence electrons. The maximum absolute atomic E-state index is 2.55. The van der Waals surface area contributed by atoms with Gasteiger partial charge in [0.15, 0.2) is 0 Å². The van der Waals surface area contributed by atoms with Gasteiger partial charge in [-0.2, -0.15) is 0 Å². The Balaban J connectivity index is 2.01. The first kappa shape index (κ1) is 20.3. The molecule has 0 saturated carbocycles. The molecule has 0 amide bonds. The van der Waals surface area contributed by atoms with Gasteiger partial charge in [-0.05, 0) is 0 Å². The zero-order chi connectivity index (χ0) is 20.5. The minimum absolute atomic E-state index is 1.38. The quantitative estimate of drug-likeness (QED) is 0.194. The number of benzene rings is 1. The van der Waals surface area contributed by atoms with Crippen molar-refractivity contribution in [1.82, 2.24) is 0 Å². The molecule has 5 heteroatoms. The van der Waals surface area contributed by atoms with Gasteiger partial charge in [0, 0.05) is 0 Å². The molecule has 0 radical (unpaired) electrons. The van der Waals surface area contributed by atoms with Gasteiger partial charge in [-0.15, -0.1) is 0 Å². The first-order valence-electron chi connectivity index (χ1n) is 9.86. The molecule has 0 N–H and O–H groups in total. The van der Waals surface area contributed by atoms with Crippen LogP contribution in [-0.4, -0.2) is 18.4 Å². The summed E-state index contributed by atoms with van der Waals surface area (Å²) < 4.78 is 4.64. The van der Waals surface area contributed by atoms with Crippen molar-refractivity contribution in [2.24, 2.45) is 0 Å². The van der Waals surface area contributed by atoms with E-state index in [0.29, 0.717) is 0 Å². The summed E-state index contributed by atoms with van der Waals surface area (Å²) in [4.78, 5) is 14.6. The molecule has 0 saturated heterocycles. The van der Waals surface area contributed by atoms with Crippen LogP contribution < -0.4 is 2.89 Å². The van der Waals surface area contributed by atoms with E-state index >= 15 is 0 Å². The Kier molecular flexibility index (Phi) is 5.03. The number of rotatable bonds is 3. The summed E-state index contributed by atoms with van der Waals surface area (Å²) >= 11 is 5.75. The van der Waals surface area contributed by atoms with Crippen LogP contribution >= 0.6 is 45.3 Å². The van der Waals surface area contributed by atoms with E-state index in [-0.39, 0.29) is 0 Å². The number of hydrogen-bond acceptors (Lipinski definition) is 4. The number of aryl methyl sites for hydroxylation is 3. The number of hydrogen-bond donors (Lipinski definition) is 0. The van der Waals surface area contributed by atoms with Gasteiger partial charge < -0.3 is 0 Å². The SMILES string of the molecule is Cc1ccc(-c2c(-c3ccc(C)s3)c3s[c]([Sn]([CH3])([CH3])[CH3])cc3c3cc(C)sc23)s1. The molecule has 4 heterocycles. The molecule has 0 aliphatic heterocycles. The third-order valence-corrected chi connectivity index (χ3v) is 19.0. The molecule has 0 aliphatic rings. The molecular formula is C24H24S4Sn. The van der Waals surface area contributed by atoms with Gasteiger partial charge in [0.1, 0.15) is 0 Å². The molecule has 0 aliphatic carbocycles. The fourth-order valence-corrected chi connectivity index (χ4v) is 13.4. The summed E-state index contributed by atoms with van der Waals surface area (Å²) in [5.74, 6) is 0. The molecule has 5 aromatic rings. The van der Waals surface area contributed by atoms with Crippen LogP contribution in [0, 0.1) is 20.8 Å². The van der Waals surface area contributed by atoms with Crippen LogP contribution in [0.4, 0.5) is 0 Å². The van der Waals surface area contributed by atoms with Crippen molar-refractivity contribution < 1.29 is 0 Å². The molecular weight excluding hydrogens is 535 g/mol. The Labute approximate surface area is 192 Å². The van der Waals surface area contributed by atoms with E-state index in [9.17, 15) is 0 Å². The molecule has 4 aromatic heterocycles. The molecule has 0 bridgehead atoms. The molecule has 0 nitrogen and oxygen atoms in total. The summed E-state index contributed by atoms with van der Waals surface area (Å²) in [5, 5.41) is 2.94. The minimum atomic E-state index is -2.17. The molecule has 0 spiro atoms. The van der Waals surface area contributed by atoms with Gasteiger partial charge in [-0.1, -0.05) is 0 Å². The molecule has 5 rings (SSSR count). The first-order valence-corrected chi connectivity index (χ1v) is 23.1. The topological polar surface area (TPSA) is 0 Å².